The SMILES string of the molecule is Cc1ccc(NC(C)c2cc(Br)cs2)c(C)c1O. The Hall–Kier alpha value is -1.00. The predicted octanol–water partition coefficient (Wildman–Crippen LogP) is 5.01. The fourth-order valence-electron chi connectivity index (χ4n) is 1.85. The zero-order valence-electron chi connectivity index (χ0n) is 10.6. The normalized spacial score (nSPS) is 12.4. The Bertz CT molecular complexity index is 565. The van der Waals surface area contributed by atoms with Crippen LogP contribution in [-0.4, -0.2) is 5.11 Å². The van der Waals surface area contributed by atoms with Gasteiger partial charge in [0, 0.05) is 26.0 Å². The summed E-state index contributed by atoms with van der Waals surface area (Å²) >= 11 is 5.18. The number of phenolic OH excluding ortho intramolecular Hbond substituents is 1. The highest BCUT2D eigenvalue weighted by Gasteiger charge is 2.11. The van der Waals surface area contributed by atoms with Crippen LogP contribution in [0.5, 0.6) is 5.75 Å². The Morgan fingerprint density at radius 2 is 2.06 bits per heavy atom. The van der Waals surface area contributed by atoms with E-state index in [0.717, 1.165) is 21.3 Å². The molecular formula is C14H16BrNOS. The average molecular weight is 326 g/mol. The third-order valence-corrected chi connectivity index (χ3v) is 4.90. The van der Waals surface area contributed by atoms with Gasteiger partial charge in [-0.25, -0.2) is 0 Å². The number of nitrogens with one attached hydrogen (secondary N) is 1. The Kier molecular flexibility index (Phi) is 3.97. The number of hydrogen-bond donors (Lipinski definition) is 2. The number of hydrogen-bond acceptors (Lipinski definition) is 3. The third kappa shape index (κ3) is 2.70. The molecule has 1 unspecified atom stereocenters. The lowest BCUT2D eigenvalue weighted by molar-refractivity contribution is 0.467. The fraction of sp³-hybridized carbons (Fsp3) is 0.286. The van der Waals surface area contributed by atoms with Crippen molar-refractivity contribution in [2.45, 2.75) is 26.8 Å². The van der Waals surface area contributed by atoms with Crippen molar-refractivity contribution in [2.75, 3.05) is 5.32 Å². The first-order chi connectivity index (χ1) is 8.49. The molecule has 2 N–H and O–H groups in total. The highest BCUT2D eigenvalue weighted by atomic mass is 79.9. The predicted molar refractivity (Wildman–Crippen MR) is 81.6 cm³/mol. The number of thiophene rings is 1. The molecule has 2 rings (SSSR count). The van der Waals surface area contributed by atoms with Gasteiger partial charge < -0.3 is 10.4 Å². The van der Waals surface area contributed by atoms with Gasteiger partial charge in [-0.05, 0) is 54.4 Å². The summed E-state index contributed by atoms with van der Waals surface area (Å²) in [5.74, 6) is 0.375. The number of benzene rings is 1. The molecule has 0 aliphatic carbocycles. The molecule has 2 aromatic rings. The van der Waals surface area contributed by atoms with Crippen LogP contribution in [0.15, 0.2) is 28.1 Å². The minimum atomic E-state index is 0.224. The van der Waals surface area contributed by atoms with E-state index < -0.39 is 0 Å². The minimum Gasteiger partial charge on any atom is -0.507 e. The van der Waals surface area contributed by atoms with Crippen LogP contribution in [0.25, 0.3) is 0 Å². The third-order valence-electron chi connectivity index (χ3n) is 3.02. The molecule has 0 bridgehead atoms. The topological polar surface area (TPSA) is 32.3 Å². The van der Waals surface area contributed by atoms with Gasteiger partial charge in [-0.3, -0.25) is 0 Å². The lowest BCUT2D eigenvalue weighted by atomic mass is 10.1. The van der Waals surface area contributed by atoms with Crippen molar-refractivity contribution in [1.29, 1.82) is 0 Å². The molecule has 1 atom stereocenters. The zero-order valence-corrected chi connectivity index (χ0v) is 13.0. The molecule has 0 aliphatic heterocycles. The van der Waals surface area contributed by atoms with Crippen molar-refractivity contribution in [2.24, 2.45) is 0 Å². The molecule has 0 fully saturated rings. The van der Waals surface area contributed by atoms with E-state index in [9.17, 15) is 5.11 Å². The van der Waals surface area contributed by atoms with E-state index in [1.54, 1.807) is 11.3 Å². The first-order valence-corrected chi connectivity index (χ1v) is 7.46. The summed E-state index contributed by atoms with van der Waals surface area (Å²) in [7, 11) is 0. The molecule has 1 heterocycles. The van der Waals surface area contributed by atoms with Crippen LogP contribution in [-0.2, 0) is 0 Å². The van der Waals surface area contributed by atoms with Crippen molar-refractivity contribution >= 4 is 33.0 Å². The van der Waals surface area contributed by atoms with Crippen LogP contribution < -0.4 is 5.32 Å². The number of rotatable bonds is 3. The second kappa shape index (κ2) is 5.33. The summed E-state index contributed by atoms with van der Waals surface area (Å²) in [6.07, 6.45) is 0. The maximum atomic E-state index is 9.93. The molecular weight excluding hydrogens is 310 g/mol. The molecule has 96 valence electrons. The molecule has 0 spiro atoms. The highest BCUT2D eigenvalue weighted by molar-refractivity contribution is 9.10. The molecule has 0 saturated heterocycles. The van der Waals surface area contributed by atoms with Gasteiger partial charge in [0.1, 0.15) is 5.75 Å². The van der Waals surface area contributed by atoms with E-state index in [1.165, 1.54) is 4.88 Å². The molecule has 18 heavy (non-hydrogen) atoms. The molecule has 0 saturated carbocycles. The van der Waals surface area contributed by atoms with Crippen LogP contribution in [0, 0.1) is 13.8 Å². The summed E-state index contributed by atoms with van der Waals surface area (Å²) in [5, 5.41) is 15.4. The van der Waals surface area contributed by atoms with Crippen LogP contribution in [0.3, 0.4) is 0 Å². The van der Waals surface area contributed by atoms with E-state index in [2.05, 4.69) is 39.6 Å². The molecule has 1 aromatic carbocycles. The quantitative estimate of drug-likeness (QED) is 0.831. The maximum Gasteiger partial charge on any atom is 0.123 e. The smallest absolute Gasteiger partial charge is 0.123 e. The van der Waals surface area contributed by atoms with Gasteiger partial charge in [0.2, 0.25) is 0 Å². The van der Waals surface area contributed by atoms with Crippen LogP contribution in [0.4, 0.5) is 5.69 Å². The van der Waals surface area contributed by atoms with Gasteiger partial charge in [0.05, 0.1) is 6.04 Å². The summed E-state index contributed by atoms with van der Waals surface area (Å²) in [6.45, 7) is 5.96. The van der Waals surface area contributed by atoms with Gasteiger partial charge >= 0.3 is 0 Å². The van der Waals surface area contributed by atoms with Crippen LogP contribution in [0.2, 0.25) is 0 Å². The first-order valence-electron chi connectivity index (χ1n) is 5.78. The van der Waals surface area contributed by atoms with Gasteiger partial charge in [0.25, 0.3) is 0 Å². The number of aromatic hydroxyl groups is 1. The molecule has 1 aromatic heterocycles. The Balaban J connectivity index is 2.22. The number of aryl methyl sites for hydroxylation is 1. The molecule has 2 nitrogen and oxygen atoms in total. The fourth-order valence-corrected chi connectivity index (χ4v) is 3.30. The number of phenols is 1. The summed E-state index contributed by atoms with van der Waals surface area (Å²) in [6, 6.07) is 6.29. The van der Waals surface area contributed by atoms with Gasteiger partial charge in [-0.15, -0.1) is 11.3 Å². The van der Waals surface area contributed by atoms with Gasteiger partial charge in [-0.1, -0.05) is 6.07 Å². The van der Waals surface area contributed by atoms with Crippen molar-refractivity contribution in [1.82, 2.24) is 0 Å². The minimum absolute atomic E-state index is 0.224. The molecule has 4 heteroatoms. The molecule has 0 aliphatic rings. The van der Waals surface area contributed by atoms with Crippen LogP contribution in [0.1, 0.15) is 29.0 Å². The largest absolute Gasteiger partial charge is 0.507 e. The Morgan fingerprint density at radius 3 is 2.67 bits per heavy atom. The monoisotopic (exact) mass is 325 g/mol. The Morgan fingerprint density at radius 1 is 1.33 bits per heavy atom. The summed E-state index contributed by atoms with van der Waals surface area (Å²) in [4.78, 5) is 1.27. The number of halogens is 1. The summed E-state index contributed by atoms with van der Waals surface area (Å²) < 4.78 is 1.11. The second-order valence-corrected chi connectivity index (χ2v) is 6.30. The van der Waals surface area contributed by atoms with Gasteiger partial charge in [-0.2, -0.15) is 0 Å². The average Bonchev–Trinajstić information content (AvgIpc) is 2.77. The number of anilines is 1. The summed E-state index contributed by atoms with van der Waals surface area (Å²) in [5.41, 5.74) is 2.79. The van der Waals surface area contributed by atoms with Crippen molar-refractivity contribution in [3.63, 3.8) is 0 Å². The second-order valence-electron chi connectivity index (χ2n) is 4.44. The van der Waals surface area contributed by atoms with E-state index >= 15 is 0 Å². The lowest BCUT2D eigenvalue weighted by Gasteiger charge is -2.17. The van der Waals surface area contributed by atoms with E-state index in [4.69, 9.17) is 0 Å². The Labute approximate surface area is 120 Å². The van der Waals surface area contributed by atoms with Gasteiger partial charge in [0.15, 0.2) is 0 Å². The first kappa shape index (κ1) is 13.4. The molecule has 0 amide bonds. The van der Waals surface area contributed by atoms with Crippen molar-refractivity contribution in [3.05, 3.63) is 44.1 Å². The lowest BCUT2D eigenvalue weighted by Crippen LogP contribution is -2.06. The maximum absolute atomic E-state index is 9.93. The highest BCUT2D eigenvalue weighted by Crippen LogP contribution is 2.32. The van der Waals surface area contributed by atoms with E-state index in [0.29, 0.717) is 5.75 Å². The van der Waals surface area contributed by atoms with E-state index in [-0.39, 0.29) is 6.04 Å². The standard InChI is InChI=1S/C14H16BrNOS/c1-8-4-5-12(9(2)14(8)17)16-10(3)13-6-11(15)7-18-13/h4-7,10,16-17H,1-3H3. The van der Waals surface area contributed by atoms with Crippen molar-refractivity contribution in [3.8, 4) is 5.75 Å². The zero-order chi connectivity index (χ0) is 13.3. The van der Waals surface area contributed by atoms with Crippen LogP contribution >= 0.6 is 27.3 Å². The molecule has 0 radical (unpaired) electrons. The van der Waals surface area contributed by atoms with E-state index in [1.807, 2.05) is 26.0 Å². The van der Waals surface area contributed by atoms with Crippen molar-refractivity contribution < 1.29 is 5.11 Å².